The van der Waals surface area contributed by atoms with E-state index in [0.717, 1.165) is 0 Å². The number of rotatable bonds is 7. The van der Waals surface area contributed by atoms with E-state index in [1.165, 1.54) is 4.57 Å². The fourth-order valence-electron chi connectivity index (χ4n) is 3.38. The summed E-state index contributed by atoms with van der Waals surface area (Å²) < 4.78 is 1.27. The summed E-state index contributed by atoms with van der Waals surface area (Å²) in [6.45, 7) is 5.13. The van der Waals surface area contributed by atoms with E-state index in [1.807, 2.05) is 0 Å². The van der Waals surface area contributed by atoms with Crippen LogP contribution >= 0.6 is 11.6 Å². The maximum absolute atomic E-state index is 13.5. The zero-order valence-electron chi connectivity index (χ0n) is 18.9. The zero-order valence-corrected chi connectivity index (χ0v) is 19.7. The zero-order chi connectivity index (χ0) is 25.0. The molecule has 34 heavy (non-hydrogen) atoms. The maximum Gasteiger partial charge on any atom is 0.405 e. The molecule has 0 spiro atoms. The number of urea groups is 1. The van der Waals surface area contributed by atoms with Crippen LogP contribution in [0.25, 0.3) is 16.6 Å². The quantitative estimate of drug-likeness (QED) is 0.344. The lowest BCUT2D eigenvalue weighted by Gasteiger charge is -2.19. The molecule has 10 nitrogen and oxygen atoms in total. The minimum absolute atomic E-state index is 0.161. The maximum atomic E-state index is 13.5. The van der Waals surface area contributed by atoms with E-state index in [9.17, 15) is 24.6 Å². The van der Waals surface area contributed by atoms with Crippen LogP contribution in [0.3, 0.4) is 0 Å². The molecule has 3 amide bonds. The molecule has 11 heteroatoms. The van der Waals surface area contributed by atoms with Crippen molar-refractivity contribution in [2.24, 2.45) is 0 Å². The van der Waals surface area contributed by atoms with Gasteiger partial charge in [-0.25, -0.2) is 14.6 Å². The lowest BCUT2D eigenvalue weighted by molar-refractivity contribution is 0.0721. The van der Waals surface area contributed by atoms with Crippen molar-refractivity contribution in [1.29, 1.82) is 0 Å². The van der Waals surface area contributed by atoms with Crippen molar-refractivity contribution in [3.05, 3.63) is 63.7 Å². The van der Waals surface area contributed by atoms with Gasteiger partial charge < -0.3 is 26.2 Å². The average Bonchev–Trinajstić information content (AvgIpc) is 2.72. The van der Waals surface area contributed by atoms with Crippen LogP contribution in [-0.4, -0.2) is 44.0 Å². The third-order valence-corrected chi connectivity index (χ3v) is 5.30. The number of hydrogen-bond acceptors (Lipinski definition) is 5. The van der Waals surface area contributed by atoms with E-state index < -0.39 is 29.3 Å². The predicted octanol–water partition coefficient (Wildman–Crippen LogP) is 3.65. The third kappa shape index (κ3) is 6.03. The van der Waals surface area contributed by atoms with Gasteiger partial charge in [0.25, 0.3) is 5.56 Å². The number of amides is 3. The second-order valence-corrected chi connectivity index (χ2v) is 8.82. The monoisotopic (exact) mass is 487 g/mol. The fraction of sp³-hybridized carbons (Fsp3) is 0.304. The minimum atomic E-state index is -1.27. The molecule has 0 radical (unpaired) electrons. The lowest BCUT2D eigenvalue weighted by atomic mass is 10.1. The normalized spacial score (nSPS) is 12.3. The topological polar surface area (TPSA) is 146 Å². The molecule has 0 bridgehead atoms. The molecule has 0 saturated carbocycles. The summed E-state index contributed by atoms with van der Waals surface area (Å²) in [5, 5.41) is 27.0. The van der Waals surface area contributed by atoms with Gasteiger partial charge >= 0.3 is 12.1 Å². The Morgan fingerprint density at radius 1 is 1.21 bits per heavy atom. The summed E-state index contributed by atoms with van der Waals surface area (Å²) in [7, 11) is 0. The van der Waals surface area contributed by atoms with Gasteiger partial charge in [-0.05, 0) is 57.5 Å². The van der Waals surface area contributed by atoms with Gasteiger partial charge in [-0.3, -0.25) is 9.36 Å². The summed E-state index contributed by atoms with van der Waals surface area (Å²) >= 11 is 6.27. The SMILES string of the molecule is CC(NC(=O)O)c1nc2cccc(Cl)c2c(=O)n1-c1cccc(NC(=O)NCCC(C)(C)O)c1. The number of benzene rings is 2. The molecule has 1 atom stereocenters. The fourth-order valence-corrected chi connectivity index (χ4v) is 3.63. The molecule has 0 saturated heterocycles. The predicted molar refractivity (Wildman–Crippen MR) is 130 cm³/mol. The van der Waals surface area contributed by atoms with Crippen LogP contribution in [-0.2, 0) is 0 Å². The van der Waals surface area contributed by atoms with Crippen LogP contribution in [0.2, 0.25) is 5.02 Å². The summed E-state index contributed by atoms with van der Waals surface area (Å²) in [5.74, 6) is 0.161. The second kappa shape index (κ2) is 10.1. The molecule has 180 valence electrons. The molecule has 3 aromatic rings. The smallest absolute Gasteiger partial charge is 0.405 e. The first-order valence-corrected chi connectivity index (χ1v) is 10.9. The van der Waals surface area contributed by atoms with Gasteiger partial charge in [-0.15, -0.1) is 0 Å². The van der Waals surface area contributed by atoms with Crippen LogP contribution in [0.4, 0.5) is 15.3 Å². The Morgan fingerprint density at radius 3 is 2.59 bits per heavy atom. The first kappa shape index (κ1) is 25.0. The van der Waals surface area contributed by atoms with Crippen molar-refractivity contribution in [2.75, 3.05) is 11.9 Å². The third-order valence-electron chi connectivity index (χ3n) is 4.98. The van der Waals surface area contributed by atoms with Gasteiger partial charge in [0.2, 0.25) is 0 Å². The van der Waals surface area contributed by atoms with Crippen LogP contribution in [0.1, 0.15) is 39.1 Å². The Labute approximate surface area is 200 Å². The highest BCUT2D eigenvalue weighted by molar-refractivity contribution is 6.35. The minimum Gasteiger partial charge on any atom is -0.465 e. The van der Waals surface area contributed by atoms with Crippen LogP contribution < -0.4 is 21.5 Å². The first-order valence-electron chi connectivity index (χ1n) is 10.5. The molecule has 0 aliphatic rings. The van der Waals surface area contributed by atoms with Crippen molar-refractivity contribution in [3.63, 3.8) is 0 Å². The van der Waals surface area contributed by atoms with Gasteiger partial charge in [0.15, 0.2) is 0 Å². The molecule has 1 heterocycles. The van der Waals surface area contributed by atoms with E-state index in [4.69, 9.17) is 11.6 Å². The van der Waals surface area contributed by atoms with Crippen molar-refractivity contribution in [3.8, 4) is 5.69 Å². The molecule has 3 rings (SSSR count). The molecule has 0 fully saturated rings. The summed E-state index contributed by atoms with van der Waals surface area (Å²) in [6, 6.07) is 10.0. The Hall–Kier alpha value is -3.63. The van der Waals surface area contributed by atoms with Gasteiger partial charge in [0.1, 0.15) is 5.82 Å². The average molecular weight is 488 g/mol. The number of nitrogens with one attached hydrogen (secondary N) is 3. The van der Waals surface area contributed by atoms with Gasteiger partial charge in [-0.1, -0.05) is 23.7 Å². The number of halogens is 1. The Morgan fingerprint density at radius 2 is 1.91 bits per heavy atom. The highest BCUT2D eigenvalue weighted by atomic mass is 35.5. The van der Waals surface area contributed by atoms with Crippen molar-refractivity contribution in [2.45, 2.75) is 38.8 Å². The number of aromatic nitrogens is 2. The number of nitrogens with zero attached hydrogens (tertiary/aromatic N) is 2. The number of hydrogen-bond donors (Lipinski definition) is 5. The van der Waals surface area contributed by atoms with Gasteiger partial charge in [0.05, 0.1) is 33.3 Å². The number of carbonyl (C=O) groups excluding carboxylic acids is 1. The standard InChI is InChI=1S/C23H26ClN5O5/c1-13(26-22(32)33)19-28-17-9-5-8-16(24)18(17)20(30)29(19)15-7-4-6-14(12-15)27-21(31)25-11-10-23(2,3)34/h4-9,12-13,26,34H,10-11H2,1-3H3,(H,32,33)(H2,25,27,31). The first-order chi connectivity index (χ1) is 16.0. The molecular formula is C23H26ClN5O5. The largest absolute Gasteiger partial charge is 0.465 e. The van der Waals surface area contributed by atoms with E-state index in [0.29, 0.717) is 23.3 Å². The lowest BCUT2D eigenvalue weighted by Crippen LogP contribution is -2.34. The summed E-state index contributed by atoms with van der Waals surface area (Å²) in [5.41, 5.74) is -0.285. The second-order valence-electron chi connectivity index (χ2n) is 8.41. The molecule has 1 unspecified atom stereocenters. The highest BCUT2D eigenvalue weighted by Gasteiger charge is 2.21. The van der Waals surface area contributed by atoms with E-state index in [2.05, 4.69) is 20.9 Å². The number of aliphatic hydroxyl groups is 1. The van der Waals surface area contributed by atoms with Crippen LogP contribution in [0.15, 0.2) is 47.3 Å². The summed E-state index contributed by atoms with van der Waals surface area (Å²) in [6.07, 6.45) is -0.894. The Bertz CT molecular complexity index is 1280. The molecule has 0 aliphatic carbocycles. The molecule has 5 N–H and O–H groups in total. The Kier molecular flexibility index (Phi) is 7.43. The van der Waals surface area contributed by atoms with E-state index in [-0.39, 0.29) is 22.8 Å². The van der Waals surface area contributed by atoms with Gasteiger partial charge in [0, 0.05) is 12.2 Å². The van der Waals surface area contributed by atoms with Crippen LogP contribution in [0, 0.1) is 0 Å². The number of carboxylic acid groups (broad SMARTS) is 1. The molecule has 1 aromatic heterocycles. The molecule has 0 aliphatic heterocycles. The van der Waals surface area contributed by atoms with E-state index in [1.54, 1.807) is 63.2 Å². The Balaban J connectivity index is 2.01. The van der Waals surface area contributed by atoms with Crippen LogP contribution in [0.5, 0.6) is 0 Å². The van der Waals surface area contributed by atoms with Crippen molar-refractivity contribution >= 4 is 40.3 Å². The van der Waals surface area contributed by atoms with Crippen molar-refractivity contribution in [1.82, 2.24) is 20.2 Å². The van der Waals surface area contributed by atoms with Crippen molar-refractivity contribution < 1.29 is 19.8 Å². The highest BCUT2D eigenvalue weighted by Crippen LogP contribution is 2.24. The van der Waals surface area contributed by atoms with Gasteiger partial charge in [-0.2, -0.15) is 0 Å². The number of carbonyl (C=O) groups is 2. The number of fused-ring (bicyclic) bond motifs is 1. The summed E-state index contributed by atoms with van der Waals surface area (Å²) in [4.78, 5) is 41.5. The number of anilines is 1. The molecular weight excluding hydrogens is 462 g/mol. The molecule has 2 aromatic carbocycles. The van der Waals surface area contributed by atoms with E-state index >= 15 is 0 Å².